The highest BCUT2D eigenvalue weighted by Gasteiger charge is 2.17. The fourth-order valence-electron chi connectivity index (χ4n) is 2.73. The summed E-state index contributed by atoms with van der Waals surface area (Å²) in [4.78, 5) is 18.3. The number of hydrogen-bond acceptors (Lipinski definition) is 4. The van der Waals surface area contributed by atoms with E-state index >= 15 is 0 Å². The van der Waals surface area contributed by atoms with Gasteiger partial charge in [-0.2, -0.15) is 5.10 Å². The zero-order chi connectivity index (χ0) is 18.5. The van der Waals surface area contributed by atoms with Crippen molar-refractivity contribution in [2.24, 2.45) is 0 Å². The number of nitrogens with zero attached hydrogens (tertiary/aromatic N) is 4. The molecule has 0 spiro atoms. The third-order valence-electron chi connectivity index (χ3n) is 4.55. The average Bonchev–Trinajstić information content (AvgIpc) is 3.22. The van der Waals surface area contributed by atoms with Gasteiger partial charge in [-0.1, -0.05) is 24.3 Å². The van der Waals surface area contributed by atoms with Crippen LogP contribution in [0.25, 0.3) is 5.69 Å². The summed E-state index contributed by atoms with van der Waals surface area (Å²) in [7, 11) is 3.46. The molecule has 2 aromatic carbocycles. The van der Waals surface area contributed by atoms with Crippen LogP contribution in [0.5, 0.6) is 5.75 Å². The van der Waals surface area contributed by atoms with Gasteiger partial charge in [-0.3, -0.25) is 4.79 Å². The summed E-state index contributed by atoms with van der Waals surface area (Å²) < 4.78 is 6.85. The molecular formula is C20H22N4O2. The molecular weight excluding hydrogens is 328 g/mol. The van der Waals surface area contributed by atoms with Gasteiger partial charge >= 0.3 is 0 Å². The Labute approximate surface area is 153 Å². The Morgan fingerprint density at radius 2 is 1.85 bits per heavy atom. The number of aromatic nitrogens is 3. The molecule has 26 heavy (non-hydrogen) atoms. The molecule has 6 heteroatoms. The van der Waals surface area contributed by atoms with E-state index in [9.17, 15) is 4.79 Å². The number of likely N-dealkylation sites (N-methyl/N-ethyl adjacent to an activating group) is 1. The van der Waals surface area contributed by atoms with Gasteiger partial charge in [0.2, 0.25) is 5.91 Å². The van der Waals surface area contributed by atoms with E-state index in [-0.39, 0.29) is 11.9 Å². The summed E-state index contributed by atoms with van der Waals surface area (Å²) in [5.41, 5.74) is 2.97. The van der Waals surface area contributed by atoms with Crippen LogP contribution in [0.2, 0.25) is 0 Å². The first-order valence-corrected chi connectivity index (χ1v) is 8.42. The summed E-state index contributed by atoms with van der Waals surface area (Å²) in [6.45, 7) is 2.02. The molecule has 0 saturated carbocycles. The van der Waals surface area contributed by atoms with Crippen molar-refractivity contribution in [3.8, 4) is 11.4 Å². The van der Waals surface area contributed by atoms with E-state index in [1.165, 1.54) is 6.33 Å². The Morgan fingerprint density at radius 1 is 1.15 bits per heavy atom. The van der Waals surface area contributed by atoms with Crippen molar-refractivity contribution in [3.05, 3.63) is 72.3 Å². The van der Waals surface area contributed by atoms with Crippen molar-refractivity contribution in [1.82, 2.24) is 19.7 Å². The number of hydrogen-bond donors (Lipinski definition) is 0. The van der Waals surface area contributed by atoms with E-state index in [1.807, 2.05) is 62.5 Å². The second kappa shape index (κ2) is 7.82. The number of benzene rings is 2. The van der Waals surface area contributed by atoms with Gasteiger partial charge in [0.05, 0.1) is 25.3 Å². The van der Waals surface area contributed by atoms with E-state index in [2.05, 4.69) is 10.1 Å². The third-order valence-corrected chi connectivity index (χ3v) is 4.55. The Kier molecular flexibility index (Phi) is 5.31. The summed E-state index contributed by atoms with van der Waals surface area (Å²) in [5.74, 6) is 0.860. The number of methoxy groups -OCH3 is 1. The Balaban J connectivity index is 1.66. The zero-order valence-electron chi connectivity index (χ0n) is 15.2. The lowest BCUT2D eigenvalue weighted by molar-refractivity contribution is -0.131. The van der Waals surface area contributed by atoms with Gasteiger partial charge in [0.1, 0.15) is 18.4 Å². The lowest BCUT2D eigenvalue weighted by atomic mass is 10.1. The summed E-state index contributed by atoms with van der Waals surface area (Å²) >= 11 is 0. The quantitative estimate of drug-likeness (QED) is 0.686. The van der Waals surface area contributed by atoms with Crippen LogP contribution in [0.3, 0.4) is 0 Å². The van der Waals surface area contributed by atoms with Gasteiger partial charge < -0.3 is 9.64 Å². The Morgan fingerprint density at radius 3 is 2.42 bits per heavy atom. The Bertz CT molecular complexity index is 843. The smallest absolute Gasteiger partial charge is 0.227 e. The SMILES string of the molecule is COc1ccc(CC(=O)N(C)[C@@H](C)c2ccc(-n3cncn3)cc2)cc1. The van der Waals surface area contributed by atoms with E-state index in [4.69, 9.17) is 4.74 Å². The first kappa shape index (κ1) is 17.7. The minimum Gasteiger partial charge on any atom is -0.497 e. The molecule has 3 rings (SSSR count). The topological polar surface area (TPSA) is 60.2 Å². The molecule has 0 fully saturated rings. The number of carbonyl (C=O) groups excluding carboxylic acids is 1. The normalized spacial score (nSPS) is 11.8. The van der Waals surface area contributed by atoms with E-state index in [0.29, 0.717) is 6.42 Å². The Hall–Kier alpha value is -3.15. The van der Waals surface area contributed by atoms with Crippen molar-refractivity contribution in [1.29, 1.82) is 0 Å². The molecule has 0 aliphatic heterocycles. The number of amides is 1. The fraction of sp³-hybridized carbons (Fsp3) is 0.250. The lowest BCUT2D eigenvalue weighted by Crippen LogP contribution is -2.30. The molecule has 0 aliphatic rings. The minimum absolute atomic E-state index is 0.0226. The van der Waals surface area contributed by atoms with Gasteiger partial charge in [0.15, 0.2) is 0 Å². The number of carbonyl (C=O) groups is 1. The maximum atomic E-state index is 12.6. The second-order valence-corrected chi connectivity index (χ2v) is 6.14. The van der Waals surface area contributed by atoms with Crippen molar-refractivity contribution >= 4 is 5.91 Å². The molecule has 134 valence electrons. The van der Waals surface area contributed by atoms with Gasteiger partial charge in [-0.05, 0) is 42.3 Å². The van der Waals surface area contributed by atoms with Gasteiger partial charge in [-0.25, -0.2) is 9.67 Å². The summed E-state index contributed by atoms with van der Waals surface area (Å²) in [6, 6.07) is 15.5. The summed E-state index contributed by atoms with van der Waals surface area (Å²) in [5, 5.41) is 4.12. The highest BCUT2D eigenvalue weighted by molar-refractivity contribution is 5.79. The molecule has 1 aromatic heterocycles. The largest absolute Gasteiger partial charge is 0.497 e. The van der Waals surface area contributed by atoms with Crippen LogP contribution in [-0.2, 0) is 11.2 Å². The summed E-state index contributed by atoms with van der Waals surface area (Å²) in [6.07, 6.45) is 3.52. The number of ether oxygens (including phenoxy) is 1. The molecule has 0 aliphatic carbocycles. The van der Waals surface area contributed by atoms with Gasteiger partial charge in [0, 0.05) is 7.05 Å². The second-order valence-electron chi connectivity index (χ2n) is 6.14. The van der Waals surface area contributed by atoms with Crippen molar-refractivity contribution in [3.63, 3.8) is 0 Å². The van der Waals surface area contributed by atoms with Crippen molar-refractivity contribution in [2.45, 2.75) is 19.4 Å². The van der Waals surface area contributed by atoms with Crippen LogP contribution in [0.1, 0.15) is 24.1 Å². The highest BCUT2D eigenvalue weighted by Crippen LogP contribution is 2.21. The fourth-order valence-corrected chi connectivity index (χ4v) is 2.73. The third kappa shape index (κ3) is 3.91. The van der Waals surface area contributed by atoms with Gasteiger partial charge in [0.25, 0.3) is 0 Å². The average molecular weight is 350 g/mol. The first-order valence-electron chi connectivity index (χ1n) is 8.42. The van der Waals surface area contributed by atoms with Crippen LogP contribution in [0.4, 0.5) is 0 Å². The molecule has 0 radical (unpaired) electrons. The van der Waals surface area contributed by atoms with Gasteiger partial charge in [-0.15, -0.1) is 0 Å². The highest BCUT2D eigenvalue weighted by atomic mass is 16.5. The minimum atomic E-state index is -0.0226. The first-order chi connectivity index (χ1) is 12.6. The van der Waals surface area contributed by atoms with Crippen molar-refractivity contribution < 1.29 is 9.53 Å². The van der Waals surface area contributed by atoms with E-state index in [1.54, 1.807) is 23.0 Å². The lowest BCUT2D eigenvalue weighted by Gasteiger charge is -2.25. The van der Waals surface area contributed by atoms with E-state index in [0.717, 1.165) is 22.6 Å². The maximum absolute atomic E-state index is 12.6. The molecule has 0 saturated heterocycles. The van der Waals surface area contributed by atoms with E-state index < -0.39 is 0 Å². The molecule has 3 aromatic rings. The molecule has 1 heterocycles. The molecule has 1 atom stereocenters. The van der Waals surface area contributed by atoms with Crippen LogP contribution in [0, 0.1) is 0 Å². The van der Waals surface area contributed by atoms with Crippen LogP contribution >= 0.6 is 0 Å². The predicted molar refractivity (Wildman–Crippen MR) is 99.2 cm³/mol. The maximum Gasteiger partial charge on any atom is 0.227 e. The van der Waals surface area contributed by atoms with Crippen LogP contribution in [-0.4, -0.2) is 39.7 Å². The zero-order valence-corrected chi connectivity index (χ0v) is 15.2. The molecule has 0 bridgehead atoms. The molecule has 1 amide bonds. The predicted octanol–water partition coefficient (Wildman–Crippen LogP) is 3.04. The molecule has 0 unspecified atom stereocenters. The van der Waals surface area contributed by atoms with Crippen LogP contribution in [0.15, 0.2) is 61.2 Å². The van der Waals surface area contributed by atoms with Crippen molar-refractivity contribution in [2.75, 3.05) is 14.2 Å². The standard InChI is InChI=1S/C20H22N4O2/c1-15(17-6-8-18(9-7-17)24-14-21-13-22-24)23(2)20(25)12-16-4-10-19(26-3)11-5-16/h4-11,13-15H,12H2,1-3H3/t15-/m0/s1. The molecule has 0 N–H and O–H groups in total. The monoisotopic (exact) mass is 350 g/mol. The number of rotatable bonds is 6. The molecule has 6 nitrogen and oxygen atoms in total. The van der Waals surface area contributed by atoms with Crippen LogP contribution < -0.4 is 4.74 Å².